The first-order valence-corrected chi connectivity index (χ1v) is 9.54. The van der Waals surface area contributed by atoms with E-state index in [0.717, 1.165) is 16.7 Å². The molecule has 7 heteroatoms. The summed E-state index contributed by atoms with van der Waals surface area (Å²) in [7, 11) is 5.03. The molecular weight excluding hydrogens is 368 g/mol. The molecule has 0 saturated carbocycles. The number of anilines is 1. The highest BCUT2D eigenvalue weighted by atomic mass is 16.5. The number of aromatic nitrogens is 2. The van der Waals surface area contributed by atoms with Gasteiger partial charge in [0.25, 0.3) is 0 Å². The van der Waals surface area contributed by atoms with E-state index in [0.29, 0.717) is 35.1 Å². The van der Waals surface area contributed by atoms with Crippen LogP contribution in [0.2, 0.25) is 0 Å². The Morgan fingerprint density at radius 2 is 1.83 bits per heavy atom. The predicted molar refractivity (Wildman–Crippen MR) is 113 cm³/mol. The van der Waals surface area contributed by atoms with Gasteiger partial charge in [0.05, 0.1) is 37.0 Å². The number of ether oxygens (including phenoxy) is 2. The van der Waals surface area contributed by atoms with E-state index in [1.807, 2.05) is 61.3 Å². The van der Waals surface area contributed by atoms with Crippen LogP contribution in [0.15, 0.2) is 48.3 Å². The van der Waals surface area contributed by atoms with Crippen molar-refractivity contribution in [1.82, 2.24) is 15.3 Å². The summed E-state index contributed by atoms with van der Waals surface area (Å²) in [6.45, 7) is 2.00. The molecular formula is C22H24N4O3. The fourth-order valence-corrected chi connectivity index (χ4v) is 3.83. The molecule has 150 valence electrons. The van der Waals surface area contributed by atoms with Crippen molar-refractivity contribution in [3.63, 3.8) is 0 Å². The van der Waals surface area contributed by atoms with Gasteiger partial charge in [0.15, 0.2) is 5.78 Å². The number of benzene rings is 2. The number of carbonyl (C=O) groups excluding carboxylic acids is 1. The van der Waals surface area contributed by atoms with E-state index in [2.05, 4.69) is 15.3 Å². The first-order valence-electron chi connectivity index (χ1n) is 9.54. The molecule has 1 aliphatic heterocycles. The Balaban J connectivity index is 1.90. The summed E-state index contributed by atoms with van der Waals surface area (Å²) in [6, 6.07) is 13.0. The summed E-state index contributed by atoms with van der Waals surface area (Å²) in [5.74, 6) is 2.62. The molecule has 7 nitrogen and oxygen atoms in total. The van der Waals surface area contributed by atoms with Crippen LogP contribution in [0.5, 0.6) is 11.5 Å². The lowest BCUT2D eigenvalue weighted by Crippen LogP contribution is -2.36. The van der Waals surface area contributed by atoms with Gasteiger partial charge < -0.3 is 24.7 Å². The molecule has 1 aromatic heterocycles. The molecule has 1 aliphatic rings. The molecule has 0 spiro atoms. The van der Waals surface area contributed by atoms with Gasteiger partial charge in [0, 0.05) is 25.2 Å². The molecule has 0 bridgehead atoms. The van der Waals surface area contributed by atoms with Crippen molar-refractivity contribution in [3.05, 3.63) is 54.1 Å². The molecule has 1 unspecified atom stereocenters. The molecule has 2 N–H and O–H groups in total. The Morgan fingerprint density at radius 1 is 1.14 bits per heavy atom. The largest absolute Gasteiger partial charge is 0.497 e. The number of para-hydroxylation sites is 2. The van der Waals surface area contributed by atoms with Crippen molar-refractivity contribution in [2.75, 3.05) is 26.2 Å². The summed E-state index contributed by atoms with van der Waals surface area (Å²) in [5, 5.41) is 3.22. The quantitative estimate of drug-likeness (QED) is 0.670. The van der Waals surface area contributed by atoms with Gasteiger partial charge in [-0.05, 0) is 18.6 Å². The number of carbonyl (C=O) groups is 1. The number of H-pyrrole nitrogens is 1. The monoisotopic (exact) mass is 392 g/mol. The van der Waals surface area contributed by atoms with Crippen molar-refractivity contribution >= 4 is 28.1 Å². The molecule has 0 fully saturated rings. The molecule has 29 heavy (non-hydrogen) atoms. The van der Waals surface area contributed by atoms with Crippen molar-refractivity contribution < 1.29 is 14.3 Å². The second-order valence-corrected chi connectivity index (χ2v) is 6.81. The summed E-state index contributed by atoms with van der Waals surface area (Å²) < 4.78 is 10.9. The number of fused-ring (bicyclic) bond motifs is 1. The fraction of sp³-hybridized carbons (Fsp3) is 0.273. The van der Waals surface area contributed by atoms with E-state index in [9.17, 15) is 4.79 Å². The van der Waals surface area contributed by atoms with Gasteiger partial charge in [-0.1, -0.05) is 19.1 Å². The molecule has 0 amide bonds. The topological polar surface area (TPSA) is 79.5 Å². The normalized spacial score (nSPS) is 16.6. The molecule has 2 aromatic carbocycles. The van der Waals surface area contributed by atoms with Gasteiger partial charge in [-0.3, -0.25) is 4.79 Å². The van der Waals surface area contributed by atoms with E-state index in [4.69, 9.17) is 9.47 Å². The van der Waals surface area contributed by atoms with E-state index < -0.39 is 0 Å². The van der Waals surface area contributed by atoms with E-state index >= 15 is 0 Å². The van der Waals surface area contributed by atoms with Crippen LogP contribution < -0.4 is 19.7 Å². The van der Waals surface area contributed by atoms with Crippen LogP contribution in [0, 0.1) is 0 Å². The van der Waals surface area contributed by atoms with Crippen LogP contribution in [-0.2, 0) is 4.79 Å². The summed E-state index contributed by atoms with van der Waals surface area (Å²) in [5.41, 5.74) is 3.09. The number of nitrogens with one attached hydrogen (secondary N) is 2. The van der Waals surface area contributed by atoms with Crippen molar-refractivity contribution in [2.24, 2.45) is 0 Å². The molecule has 0 aliphatic carbocycles. The first kappa shape index (κ1) is 18.9. The number of hydrogen-bond donors (Lipinski definition) is 2. The second-order valence-electron chi connectivity index (χ2n) is 6.81. The maximum Gasteiger partial charge on any atom is 0.193 e. The number of rotatable bonds is 6. The van der Waals surface area contributed by atoms with Crippen molar-refractivity contribution in [2.45, 2.75) is 19.4 Å². The van der Waals surface area contributed by atoms with Gasteiger partial charge in [0.1, 0.15) is 28.7 Å². The number of Topliss-reactive ketones (excluding diaryl/α,β-unsaturated/α-hetero) is 1. The average molecular weight is 392 g/mol. The number of nitrogens with zero attached hydrogens (tertiary/aromatic N) is 2. The summed E-state index contributed by atoms with van der Waals surface area (Å²) >= 11 is 0. The van der Waals surface area contributed by atoms with Gasteiger partial charge in [-0.15, -0.1) is 0 Å². The number of methoxy groups -OCH3 is 2. The van der Waals surface area contributed by atoms with E-state index in [1.54, 1.807) is 14.2 Å². The highest BCUT2D eigenvalue weighted by Gasteiger charge is 2.41. The first-order chi connectivity index (χ1) is 14.1. The van der Waals surface area contributed by atoms with Gasteiger partial charge >= 0.3 is 0 Å². The lowest BCUT2D eigenvalue weighted by atomic mass is 10.1. The Hall–Kier alpha value is -3.48. The van der Waals surface area contributed by atoms with Gasteiger partial charge in [0.2, 0.25) is 0 Å². The Kier molecular flexibility index (Phi) is 4.88. The zero-order chi connectivity index (χ0) is 20.5. The third-order valence-electron chi connectivity index (χ3n) is 5.20. The standard InChI is InChI=1S/C22H24N4O3/c1-5-18-20(27)19(21-24-16-8-6-7-9-17(16)25-21)22(23-2)26(18)13-10-14(28-3)12-15(11-13)29-4/h6-12,18,23H,5H2,1-4H3,(H,24,25). The minimum Gasteiger partial charge on any atom is -0.497 e. The Morgan fingerprint density at radius 3 is 2.41 bits per heavy atom. The fourth-order valence-electron chi connectivity index (χ4n) is 3.83. The van der Waals surface area contributed by atoms with Crippen molar-refractivity contribution in [3.8, 4) is 11.5 Å². The van der Waals surface area contributed by atoms with E-state index in [1.165, 1.54) is 0 Å². The minimum atomic E-state index is -0.350. The summed E-state index contributed by atoms with van der Waals surface area (Å²) in [4.78, 5) is 23.4. The zero-order valence-electron chi connectivity index (χ0n) is 16.9. The molecule has 3 aromatic rings. The van der Waals surface area contributed by atoms with Gasteiger partial charge in [-0.2, -0.15) is 0 Å². The molecule has 4 rings (SSSR count). The highest BCUT2D eigenvalue weighted by molar-refractivity contribution is 6.27. The second kappa shape index (κ2) is 7.50. The maximum absolute atomic E-state index is 13.4. The van der Waals surface area contributed by atoms with Crippen molar-refractivity contribution in [1.29, 1.82) is 0 Å². The van der Waals surface area contributed by atoms with Crippen LogP contribution in [0.1, 0.15) is 19.2 Å². The SMILES string of the molecule is CCC1C(=O)C(c2nc3ccccc3[nH]2)=C(NC)N1c1cc(OC)cc(OC)c1. The van der Waals surface area contributed by atoms with Crippen LogP contribution in [0.25, 0.3) is 16.6 Å². The van der Waals surface area contributed by atoms with Gasteiger partial charge in [-0.25, -0.2) is 4.98 Å². The smallest absolute Gasteiger partial charge is 0.193 e. The minimum absolute atomic E-state index is 0.0256. The van der Waals surface area contributed by atoms with E-state index in [-0.39, 0.29) is 11.8 Å². The molecule has 0 radical (unpaired) electrons. The van der Waals surface area contributed by atoms with Crippen LogP contribution in [0.3, 0.4) is 0 Å². The Bertz CT molecular complexity index is 1050. The van der Waals surface area contributed by atoms with Crippen LogP contribution in [-0.4, -0.2) is 43.1 Å². The predicted octanol–water partition coefficient (Wildman–Crippen LogP) is 3.34. The Labute approximate surface area is 169 Å². The number of hydrogen-bond acceptors (Lipinski definition) is 6. The summed E-state index contributed by atoms with van der Waals surface area (Å²) in [6.07, 6.45) is 0.646. The van der Waals surface area contributed by atoms with Crippen LogP contribution >= 0.6 is 0 Å². The third kappa shape index (κ3) is 3.08. The number of imidazole rings is 1. The zero-order valence-corrected chi connectivity index (χ0v) is 16.9. The lowest BCUT2D eigenvalue weighted by Gasteiger charge is -2.28. The third-order valence-corrected chi connectivity index (χ3v) is 5.20. The molecule has 2 heterocycles. The van der Waals surface area contributed by atoms with Crippen LogP contribution in [0.4, 0.5) is 5.69 Å². The lowest BCUT2D eigenvalue weighted by molar-refractivity contribution is -0.114. The average Bonchev–Trinajstić information content (AvgIpc) is 3.30. The molecule has 0 saturated heterocycles. The number of ketones is 1. The molecule has 1 atom stereocenters. The maximum atomic E-state index is 13.4. The number of aromatic amines is 1. The highest BCUT2D eigenvalue weighted by Crippen LogP contribution is 2.39.